The number of nitrogens with one attached hydrogen (secondary N) is 1. The number of pyridine rings is 1. The third kappa shape index (κ3) is 5.32. The van der Waals surface area contributed by atoms with Crippen molar-refractivity contribution in [1.29, 1.82) is 0 Å². The lowest BCUT2D eigenvalue weighted by Crippen LogP contribution is -2.55. The molecule has 1 unspecified atom stereocenters. The summed E-state index contributed by atoms with van der Waals surface area (Å²) in [5, 5.41) is 3.12. The molecule has 1 aromatic rings. The van der Waals surface area contributed by atoms with Crippen molar-refractivity contribution in [3.63, 3.8) is 0 Å². The molecule has 0 radical (unpaired) electrons. The van der Waals surface area contributed by atoms with Crippen LogP contribution < -0.4 is 11.1 Å². The number of piperidine rings is 1. The monoisotopic (exact) mass is 438 g/mol. The molecule has 0 bridgehead atoms. The molecule has 1 aliphatic heterocycles. The fourth-order valence-corrected chi connectivity index (χ4v) is 4.87. The second-order valence-electron chi connectivity index (χ2n) is 7.25. The smallest absolute Gasteiger partial charge is 0.244 e. The Morgan fingerprint density at radius 3 is 2.41 bits per heavy atom. The average Bonchev–Trinajstić information content (AvgIpc) is 3.48. The quantitative estimate of drug-likeness (QED) is 0.700. The minimum Gasteiger partial charge on any atom is -0.349 e. The van der Waals surface area contributed by atoms with Gasteiger partial charge in [-0.25, -0.2) is 8.42 Å². The first kappa shape index (κ1) is 24.1. The van der Waals surface area contributed by atoms with Crippen LogP contribution in [0.4, 0.5) is 0 Å². The van der Waals surface area contributed by atoms with Crippen LogP contribution in [-0.4, -0.2) is 48.8 Å². The molecule has 1 aromatic heterocycles. The van der Waals surface area contributed by atoms with Gasteiger partial charge < -0.3 is 11.1 Å². The summed E-state index contributed by atoms with van der Waals surface area (Å²) in [7, 11) is -3.54. The van der Waals surface area contributed by atoms with Gasteiger partial charge in [-0.2, -0.15) is 4.31 Å². The van der Waals surface area contributed by atoms with Gasteiger partial charge in [-0.3, -0.25) is 9.78 Å². The standard InChI is InChI=1S/C17H26N4O3S.2ClH/c1-17(12-18,14-4-5-14)20-16(22)13-6-9-21(10-7-13)25(23,24)15-3-2-8-19-11-15;;/h2-3,8,11,13-14H,4-7,9-10,12,18H2,1H3,(H,20,22);2*1H. The van der Waals surface area contributed by atoms with Crippen LogP contribution in [0, 0.1) is 11.8 Å². The summed E-state index contributed by atoms with van der Waals surface area (Å²) in [6, 6.07) is 3.15. The Morgan fingerprint density at radius 2 is 1.93 bits per heavy atom. The van der Waals surface area contributed by atoms with Crippen LogP contribution in [0.5, 0.6) is 0 Å². The zero-order chi connectivity index (χ0) is 18.1. The van der Waals surface area contributed by atoms with Crippen LogP contribution in [0.15, 0.2) is 29.4 Å². The second kappa shape index (κ2) is 9.52. The van der Waals surface area contributed by atoms with Gasteiger partial charge in [0.25, 0.3) is 0 Å². The molecule has 1 saturated heterocycles. The number of hydrogen-bond donors (Lipinski definition) is 2. The number of hydrogen-bond acceptors (Lipinski definition) is 5. The van der Waals surface area contributed by atoms with Gasteiger partial charge in [0.15, 0.2) is 0 Å². The first-order valence-electron chi connectivity index (χ1n) is 8.79. The maximum atomic E-state index is 12.6. The van der Waals surface area contributed by atoms with E-state index in [1.165, 1.54) is 10.5 Å². The number of sulfonamides is 1. The molecule has 1 aliphatic carbocycles. The number of rotatable bonds is 6. The largest absolute Gasteiger partial charge is 0.349 e. The summed E-state index contributed by atoms with van der Waals surface area (Å²) in [4.78, 5) is 16.7. The molecule has 154 valence electrons. The molecule has 1 saturated carbocycles. The van der Waals surface area contributed by atoms with Gasteiger partial charge in [0, 0.05) is 37.9 Å². The highest BCUT2D eigenvalue weighted by Crippen LogP contribution is 2.39. The van der Waals surface area contributed by atoms with Crippen molar-refractivity contribution in [2.75, 3.05) is 19.6 Å². The lowest BCUT2D eigenvalue weighted by atomic mass is 9.92. The van der Waals surface area contributed by atoms with Crippen LogP contribution in [-0.2, 0) is 14.8 Å². The predicted molar refractivity (Wildman–Crippen MR) is 109 cm³/mol. The van der Waals surface area contributed by atoms with Crippen LogP contribution in [0.1, 0.15) is 32.6 Å². The van der Waals surface area contributed by atoms with Crippen molar-refractivity contribution >= 4 is 40.7 Å². The molecule has 1 amide bonds. The van der Waals surface area contributed by atoms with E-state index in [2.05, 4.69) is 10.3 Å². The number of nitrogens with two attached hydrogens (primary N) is 1. The molecule has 2 fully saturated rings. The minimum atomic E-state index is -3.54. The van der Waals surface area contributed by atoms with Gasteiger partial charge in [-0.1, -0.05) is 0 Å². The number of amides is 1. The highest BCUT2D eigenvalue weighted by atomic mass is 35.5. The fourth-order valence-electron chi connectivity index (χ4n) is 3.43. The molecule has 2 aliphatic rings. The Kier molecular flexibility index (Phi) is 8.50. The topological polar surface area (TPSA) is 105 Å². The molecule has 0 spiro atoms. The number of halogens is 2. The zero-order valence-electron chi connectivity index (χ0n) is 15.3. The van der Waals surface area contributed by atoms with Crippen LogP contribution in [0.25, 0.3) is 0 Å². The van der Waals surface area contributed by atoms with E-state index in [1.807, 2.05) is 6.92 Å². The molecule has 10 heteroatoms. The van der Waals surface area contributed by atoms with Gasteiger partial charge in [-0.15, -0.1) is 24.8 Å². The summed E-state index contributed by atoms with van der Waals surface area (Å²) in [5.41, 5.74) is 5.52. The maximum Gasteiger partial charge on any atom is 0.244 e. The Labute approximate surface area is 173 Å². The van der Waals surface area contributed by atoms with Gasteiger partial charge in [-0.05, 0) is 50.7 Å². The number of carbonyl (C=O) groups excluding carboxylic acids is 1. The molecule has 1 atom stereocenters. The molecular formula is C17H28Cl2N4O3S. The summed E-state index contributed by atoms with van der Waals surface area (Å²) in [5.74, 6) is 0.302. The van der Waals surface area contributed by atoms with Crippen molar-refractivity contribution in [3.8, 4) is 0 Å². The Morgan fingerprint density at radius 1 is 1.30 bits per heavy atom. The predicted octanol–water partition coefficient (Wildman–Crippen LogP) is 1.57. The van der Waals surface area contributed by atoms with Crippen molar-refractivity contribution in [3.05, 3.63) is 24.5 Å². The summed E-state index contributed by atoms with van der Waals surface area (Å²) in [6.45, 7) is 3.12. The van der Waals surface area contributed by atoms with Gasteiger partial charge in [0.1, 0.15) is 4.90 Å². The fraction of sp³-hybridized carbons (Fsp3) is 0.647. The molecule has 3 N–H and O–H groups in total. The van der Waals surface area contributed by atoms with E-state index in [1.54, 1.807) is 18.3 Å². The van der Waals surface area contributed by atoms with Gasteiger partial charge in [0.2, 0.25) is 15.9 Å². The van der Waals surface area contributed by atoms with E-state index < -0.39 is 10.0 Å². The molecule has 27 heavy (non-hydrogen) atoms. The summed E-state index contributed by atoms with van der Waals surface area (Å²) >= 11 is 0. The highest BCUT2D eigenvalue weighted by molar-refractivity contribution is 7.89. The molecule has 7 nitrogen and oxygen atoms in total. The van der Waals surface area contributed by atoms with Crippen LogP contribution in [0.2, 0.25) is 0 Å². The second-order valence-corrected chi connectivity index (χ2v) is 9.19. The van der Waals surface area contributed by atoms with E-state index in [-0.39, 0.29) is 47.1 Å². The molecule has 0 aromatic carbocycles. The van der Waals surface area contributed by atoms with Gasteiger partial charge in [0.05, 0.1) is 5.54 Å². The summed E-state index contributed by atoms with van der Waals surface area (Å²) in [6.07, 6.45) is 6.17. The van der Waals surface area contributed by atoms with E-state index >= 15 is 0 Å². The minimum absolute atomic E-state index is 0. The third-order valence-corrected chi connectivity index (χ3v) is 7.29. The van der Waals surface area contributed by atoms with Crippen LogP contribution in [0.3, 0.4) is 0 Å². The maximum absolute atomic E-state index is 12.6. The van der Waals surface area contributed by atoms with Crippen molar-refractivity contribution in [2.24, 2.45) is 17.6 Å². The van der Waals surface area contributed by atoms with Crippen molar-refractivity contribution in [2.45, 2.75) is 43.0 Å². The zero-order valence-corrected chi connectivity index (χ0v) is 17.8. The average molecular weight is 439 g/mol. The third-order valence-electron chi connectivity index (χ3n) is 5.41. The number of nitrogens with zero attached hydrogens (tertiary/aromatic N) is 2. The van der Waals surface area contributed by atoms with Crippen molar-refractivity contribution < 1.29 is 13.2 Å². The highest BCUT2D eigenvalue weighted by Gasteiger charge is 2.43. The molecular weight excluding hydrogens is 411 g/mol. The SMILES string of the molecule is CC(CN)(NC(=O)C1CCN(S(=O)(=O)c2cccnc2)CC1)C1CC1.Cl.Cl. The van der Waals surface area contributed by atoms with Gasteiger partial charge >= 0.3 is 0 Å². The van der Waals surface area contributed by atoms with E-state index in [4.69, 9.17) is 5.73 Å². The number of carbonyl (C=O) groups is 1. The molecule has 2 heterocycles. The normalized spacial score (nSPS) is 20.7. The molecule has 3 rings (SSSR count). The summed E-state index contributed by atoms with van der Waals surface area (Å²) < 4.78 is 26.7. The van der Waals surface area contributed by atoms with E-state index in [0.29, 0.717) is 38.4 Å². The lowest BCUT2D eigenvalue weighted by molar-refractivity contribution is -0.128. The number of aromatic nitrogens is 1. The van der Waals surface area contributed by atoms with E-state index in [9.17, 15) is 13.2 Å². The Bertz CT molecular complexity index is 723. The van der Waals surface area contributed by atoms with Crippen molar-refractivity contribution in [1.82, 2.24) is 14.6 Å². The first-order valence-corrected chi connectivity index (χ1v) is 10.2. The lowest BCUT2D eigenvalue weighted by Gasteiger charge is -2.34. The first-order chi connectivity index (χ1) is 11.9. The van der Waals surface area contributed by atoms with Crippen LogP contribution >= 0.6 is 24.8 Å². The Hall–Kier alpha value is -0.930. The van der Waals surface area contributed by atoms with E-state index in [0.717, 1.165) is 12.8 Å². The Balaban J connectivity index is 0.00000182.